The summed E-state index contributed by atoms with van der Waals surface area (Å²) in [7, 11) is 3.23. The van der Waals surface area contributed by atoms with Crippen LogP contribution in [0, 0.1) is 0 Å². The summed E-state index contributed by atoms with van der Waals surface area (Å²) in [4.78, 5) is 32.9. The predicted octanol–water partition coefficient (Wildman–Crippen LogP) is 5.31. The van der Waals surface area contributed by atoms with Crippen LogP contribution in [0.15, 0.2) is 77.8 Å². The number of carbonyl (C=O) groups excluding carboxylic acids is 2. The van der Waals surface area contributed by atoms with Crippen LogP contribution in [-0.4, -0.2) is 54.5 Å². The number of nitrogens with one attached hydrogen (secondary N) is 1. The van der Waals surface area contributed by atoms with Crippen molar-refractivity contribution in [3.63, 3.8) is 0 Å². The van der Waals surface area contributed by atoms with Gasteiger partial charge in [0.1, 0.15) is 22.5 Å². The molecule has 1 saturated heterocycles. The quantitative estimate of drug-likeness (QED) is 0.380. The Morgan fingerprint density at radius 1 is 1.00 bits per heavy atom. The van der Waals surface area contributed by atoms with Crippen LogP contribution in [0.25, 0.3) is 0 Å². The second-order valence-electron chi connectivity index (χ2n) is 8.50. The summed E-state index contributed by atoms with van der Waals surface area (Å²) in [6.07, 6.45) is 0.713. The fraction of sp³-hybridized carbons (Fsp3) is 0.276. The molecule has 1 aliphatic heterocycles. The maximum Gasteiger partial charge on any atom is 0.238 e. The second-order valence-corrected chi connectivity index (χ2v) is 9.67. The third-order valence-corrected chi connectivity index (χ3v) is 7.11. The van der Waals surface area contributed by atoms with Gasteiger partial charge >= 0.3 is 0 Å². The highest BCUT2D eigenvalue weighted by molar-refractivity contribution is 8.15. The largest absolute Gasteiger partial charge is 0.497 e. The Balaban J connectivity index is 1.53. The number of methoxy groups -OCH3 is 2. The van der Waals surface area contributed by atoms with Crippen molar-refractivity contribution in [2.45, 2.75) is 25.0 Å². The summed E-state index contributed by atoms with van der Waals surface area (Å²) in [5, 5.41) is 2.79. The van der Waals surface area contributed by atoms with Gasteiger partial charge in [-0.05, 0) is 67.4 Å². The number of amides is 2. The number of aliphatic imine (C=N–C) groups is 1. The van der Waals surface area contributed by atoms with Gasteiger partial charge in [-0.1, -0.05) is 30.0 Å². The van der Waals surface area contributed by atoms with Crippen molar-refractivity contribution in [1.82, 2.24) is 4.90 Å². The van der Waals surface area contributed by atoms with Crippen molar-refractivity contribution in [3.8, 4) is 17.2 Å². The molecule has 1 fully saturated rings. The van der Waals surface area contributed by atoms with E-state index < -0.39 is 5.25 Å². The van der Waals surface area contributed by atoms with Crippen LogP contribution >= 0.6 is 11.8 Å². The van der Waals surface area contributed by atoms with Gasteiger partial charge in [0.05, 0.1) is 26.5 Å². The molecule has 0 aliphatic carbocycles. The van der Waals surface area contributed by atoms with E-state index in [9.17, 15) is 9.59 Å². The molecule has 1 heterocycles. The van der Waals surface area contributed by atoms with E-state index in [1.807, 2.05) is 67.6 Å². The molecule has 0 saturated carbocycles. The van der Waals surface area contributed by atoms with E-state index in [0.717, 1.165) is 11.3 Å². The number of anilines is 1. The zero-order chi connectivity index (χ0) is 26.9. The molecule has 1 aliphatic rings. The topological polar surface area (TPSA) is 89.5 Å². The van der Waals surface area contributed by atoms with Gasteiger partial charge in [-0.2, -0.15) is 0 Å². The van der Waals surface area contributed by atoms with Gasteiger partial charge in [0.2, 0.25) is 11.8 Å². The average molecular weight is 534 g/mol. The van der Waals surface area contributed by atoms with E-state index in [2.05, 4.69) is 5.32 Å². The van der Waals surface area contributed by atoms with Crippen LogP contribution in [0.3, 0.4) is 0 Å². The van der Waals surface area contributed by atoms with E-state index in [-0.39, 0.29) is 18.2 Å². The minimum Gasteiger partial charge on any atom is -0.497 e. The highest BCUT2D eigenvalue weighted by atomic mass is 32.2. The fourth-order valence-corrected chi connectivity index (χ4v) is 5.04. The Hall–Kier alpha value is -3.98. The number of thioether (sulfide) groups is 1. The Morgan fingerprint density at radius 2 is 1.68 bits per heavy atom. The summed E-state index contributed by atoms with van der Waals surface area (Å²) < 4.78 is 16.0. The van der Waals surface area contributed by atoms with Crippen LogP contribution in [0.4, 0.5) is 11.4 Å². The minimum atomic E-state index is -0.618. The molecular weight excluding hydrogens is 502 g/mol. The SMILES string of the molecule is CCOc1cccc(NC(=O)C2CC(=O)N(CCc3ccc(OC)cc3)C(=Nc3ccc(OC)cc3)S2)c1. The Bertz CT molecular complexity index is 1280. The summed E-state index contributed by atoms with van der Waals surface area (Å²) in [5.41, 5.74) is 2.35. The molecule has 0 spiro atoms. The third-order valence-electron chi connectivity index (χ3n) is 5.92. The number of benzene rings is 3. The van der Waals surface area contributed by atoms with E-state index in [4.69, 9.17) is 19.2 Å². The number of ether oxygens (including phenoxy) is 3. The molecule has 38 heavy (non-hydrogen) atoms. The summed E-state index contributed by atoms with van der Waals surface area (Å²) in [6, 6.07) is 22.2. The predicted molar refractivity (Wildman–Crippen MR) is 151 cm³/mol. The maximum atomic E-state index is 13.3. The van der Waals surface area contributed by atoms with Crippen LogP contribution in [0.1, 0.15) is 18.9 Å². The highest BCUT2D eigenvalue weighted by Crippen LogP contribution is 2.31. The Kier molecular flexibility index (Phi) is 9.26. The van der Waals surface area contributed by atoms with Crippen molar-refractivity contribution >= 4 is 40.1 Å². The third kappa shape index (κ3) is 7.07. The lowest BCUT2D eigenvalue weighted by atomic mass is 10.1. The molecule has 3 aromatic rings. The van der Waals surface area contributed by atoms with Crippen molar-refractivity contribution < 1.29 is 23.8 Å². The fourth-order valence-electron chi connectivity index (χ4n) is 3.91. The molecule has 1 unspecified atom stereocenters. The first-order chi connectivity index (χ1) is 18.5. The van der Waals surface area contributed by atoms with Gasteiger partial charge < -0.3 is 19.5 Å². The average Bonchev–Trinajstić information content (AvgIpc) is 2.93. The molecule has 4 rings (SSSR count). The maximum absolute atomic E-state index is 13.3. The van der Waals surface area contributed by atoms with Crippen LogP contribution in [-0.2, 0) is 16.0 Å². The van der Waals surface area contributed by atoms with E-state index in [1.165, 1.54) is 11.8 Å². The number of hydrogen-bond acceptors (Lipinski definition) is 7. The smallest absolute Gasteiger partial charge is 0.238 e. The first-order valence-electron chi connectivity index (χ1n) is 12.4. The minimum absolute atomic E-state index is 0.0753. The van der Waals surface area contributed by atoms with Crippen LogP contribution in [0.2, 0.25) is 0 Å². The number of rotatable bonds is 10. The van der Waals surface area contributed by atoms with Gasteiger partial charge in [-0.15, -0.1) is 0 Å². The first-order valence-corrected chi connectivity index (χ1v) is 13.2. The summed E-state index contributed by atoms with van der Waals surface area (Å²) >= 11 is 1.29. The molecule has 2 amide bonds. The van der Waals surface area contributed by atoms with Crippen LogP contribution in [0.5, 0.6) is 17.2 Å². The number of nitrogens with zero attached hydrogens (tertiary/aromatic N) is 2. The van der Waals surface area contributed by atoms with Crippen molar-refractivity contribution in [3.05, 3.63) is 78.4 Å². The molecule has 3 aromatic carbocycles. The lowest BCUT2D eigenvalue weighted by molar-refractivity contribution is -0.129. The lowest BCUT2D eigenvalue weighted by Gasteiger charge is -2.32. The number of amidine groups is 1. The van der Waals surface area contributed by atoms with Gasteiger partial charge in [-0.3, -0.25) is 14.5 Å². The molecule has 1 N–H and O–H groups in total. The van der Waals surface area contributed by atoms with Crippen molar-refractivity contribution in [1.29, 1.82) is 0 Å². The first kappa shape index (κ1) is 27.1. The molecule has 198 valence electrons. The van der Waals surface area contributed by atoms with E-state index in [0.29, 0.717) is 47.6 Å². The normalized spacial score (nSPS) is 16.3. The molecular formula is C29H31N3O5S. The van der Waals surface area contributed by atoms with Gasteiger partial charge in [0.15, 0.2) is 5.17 Å². The van der Waals surface area contributed by atoms with Gasteiger partial charge in [0, 0.05) is 24.7 Å². The van der Waals surface area contributed by atoms with E-state index >= 15 is 0 Å². The molecule has 9 heteroatoms. The molecule has 8 nitrogen and oxygen atoms in total. The zero-order valence-electron chi connectivity index (χ0n) is 21.7. The van der Waals surface area contributed by atoms with Gasteiger partial charge in [0.25, 0.3) is 0 Å². The van der Waals surface area contributed by atoms with Gasteiger partial charge in [-0.25, -0.2) is 4.99 Å². The Morgan fingerprint density at radius 3 is 2.34 bits per heavy atom. The van der Waals surface area contributed by atoms with Crippen LogP contribution < -0.4 is 19.5 Å². The van der Waals surface area contributed by atoms with Crippen molar-refractivity contribution in [2.75, 3.05) is 32.7 Å². The highest BCUT2D eigenvalue weighted by Gasteiger charge is 2.35. The summed E-state index contributed by atoms with van der Waals surface area (Å²) in [5.74, 6) is 1.76. The second kappa shape index (κ2) is 13.0. The zero-order valence-corrected chi connectivity index (χ0v) is 22.5. The molecule has 0 radical (unpaired) electrons. The molecule has 1 atom stereocenters. The standard InChI is InChI=1S/C29H31N3O5S/c1-4-37-25-7-5-6-22(18-25)30-28(34)26-19-27(33)32(17-16-20-8-12-23(35-2)13-9-20)29(38-26)31-21-10-14-24(36-3)15-11-21/h5-15,18,26H,4,16-17,19H2,1-3H3,(H,30,34). The summed E-state index contributed by atoms with van der Waals surface area (Å²) in [6.45, 7) is 2.87. The van der Waals surface area contributed by atoms with Crippen molar-refractivity contribution in [2.24, 2.45) is 4.99 Å². The molecule has 0 bridgehead atoms. The Labute approximate surface area is 227 Å². The monoisotopic (exact) mass is 533 g/mol. The molecule has 0 aromatic heterocycles. The number of carbonyl (C=O) groups is 2. The lowest BCUT2D eigenvalue weighted by Crippen LogP contribution is -2.46. The number of hydrogen-bond donors (Lipinski definition) is 1. The van der Waals surface area contributed by atoms with E-state index in [1.54, 1.807) is 31.3 Å².